The average Bonchev–Trinajstić information content (AvgIpc) is 2.97. The van der Waals surface area contributed by atoms with Crippen LogP contribution in [-0.2, 0) is 13.1 Å². The van der Waals surface area contributed by atoms with E-state index in [0.29, 0.717) is 5.56 Å². The van der Waals surface area contributed by atoms with E-state index < -0.39 is 0 Å². The summed E-state index contributed by atoms with van der Waals surface area (Å²) in [6.45, 7) is 0.976. The van der Waals surface area contributed by atoms with E-state index >= 15 is 0 Å². The summed E-state index contributed by atoms with van der Waals surface area (Å²) in [5, 5.41) is 4.24. The van der Waals surface area contributed by atoms with Gasteiger partial charge in [0.1, 0.15) is 0 Å². The molecule has 0 saturated carbocycles. The summed E-state index contributed by atoms with van der Waals surface area (Å²) in [6, 6.07) is 17.4. The van der Waals surface area contributed by atoms with Crippen molar-refractivity contribution in [3.63, 3.8) is 0 Å². The second-order valence-electron chi connectivity index (χ2n) is 5.03. The fraction of sp³-hybridized carbons (Fsp3) is 0.118. The topological polar surface area (TPSA) is 38.8 Å². The van der Waals surface area contributed by atoms with E-state index in [1.54, 1.807) is 11.0 Å². The number of aromatic nitrogens is 3. The van der Waals surface area contributed by atoms with Gasteiger partial charge in [0, 0.05) is 15.1 Å². The summed E-state index contributed by atoms with van der Waals surface area (Å²) in [5.41, 5.74) is 1.89. The van der Waals surface area contributed by atoms with E-state index in [-0.39, 0.29) is 29.3 Å². The Morgan fingerprint density at radius 3 is 2.48 bits per heavy atom. The van der Waals surface area contributed by atoms with Gasteiger partial charge >= 0.3 is 0 Å². The van der Waals surface area contributed by atoms with E-state index in [1.807, 2.05) is 53.4 Å². The maximum atomic E-state index is 12.1. The highest BCUT2D eigenvalue weighted by molar-refractivity contribution is 9.10. The molecule has 0 aliphatic carbocycles. The third-order valence-electron chi connectivity index (χ3n) is 3.31. The third kappa shape index (κ3) is 4.84. The molecule has 0 atom stereocenters. The van der Waals surface area contributed by atoms with Crippen LogP contribution in [0.15, 0.2) is 71.7 Å². The fourth-order valence-corrected chi connectivity index (χ4v) is 2.45. The van der Waals surface area contributed by atoms with Crippen molar-refractivity contribution in [2.24, 2.45) is 0 Å². The first-order valence-electron chi connectivity index (χ1n) is 6.95. The van der Waals surface area contributed by atoms with Crippen LogP contribution in [0.5, 0.6) is 0 Å². The van der Waals surface area contributed by atoms with Crippen molar-refractivity contribution in [3.8, 4) is 0 Å². The summed E-state index contributed by atoms with van der Waals surface area (Å²) >= 11 is 3.42. The van der Waals surface area contributed by atoms with Crippen LogP contribution in [-0.4, -0.2) is 15.6 Å². The van der Waals surface area contributed by atoms with Crippen molar-refractivity contribution in [1.29, 1.82) is 0 Å². The Morgan fingerprint density at radius 1 is 1.09 bits per heavy atom. The van der Waals surface area contributed by atoms with Crippen LogP contribution in [0.2, 0.25) is 0 Å². The molecule has 0 spiro atoms. The van der Waals surface area contributed by atoms with Crippen LogP contribution in [0.25, 0.3) is 0 Å². The molecule has 0 saturated heterocycles. The number of carbonyl (C=O) groups excluding carboxylic acids is 1. The second-order valence-corrected chi connectivity index (χ2v) is 5.95. The highest BCUT2D eigenvalue weighted by Gasteiger charge is 2.12. The van der Waals surface area contributed by atoms with E-state index in [9.17, 15) is 4.79 Å². The molecule has 0 amide bonds. The first-order chi connectivity index (χ1) is 10.7. The molecule has 1 heterocycles. The lowest BCUT2D eigenvalue weighted by molar-refractivity contribution is -0.689. The van der Waals surface area contributed by atoms with E-state index in [0.717, 1.165) is 11.0 Å². The molecule has 6 heteroatoms. The number of hydrogen-bond donors (Lipinski definition) is 0. The maximum absolute atomic E-state index is 12.1. The Kier molecular flexibility index (Phi) is 6.24. The fourth-order valence-electron chi connectivity index (χ4n) is 2.19. The molecule has 1 aromatic heterocycles. The minimum Gasteiger partial charge on any atom is -1.00 e. The van der Waals surface area contributed by atoms with Crippen LogP contribution in [0.4, 0.5) is 0 Å². The Hall–Kier alpha value is -1.79. The Bertz CT molecular complexity index is 770. The monoisotopic (exact) mass is 435 g/mol. The van der Waals surface area contributed by atoms with Gasteiger partial charge in [-0.2, -0.15) is 0 Å². The SMILES string of the molecule is O=C(Cn1c[n+](Cc2ccc(Br)cc2)cn1)c1ccccc1.[Br-]. The molecule has 118 valence electrons. The number of benzene rings is 2. The minimum absolute atomic E-state index is 0. The molecule has 0 aliphatic heterocycles. The molecule has 4 nitrogen and oxygen atoms in total. The van der Waals surface area contributed by atoms with Gasteiger partial charge in [-0.25, -0.2) is 4.57 Å². The van der Waals surface area contributed by atoms with Crippen molar-refractivity contribution in [3.05, 3.63) is 82.9 Å². The Balaban J connectivity index is 0.00000192. The zero-order valence-electron chi connectivity index (χ0n) is 12.3. The first-order valence-corrected chi connectivity index (χ1v) is 7.74. The zero-order valence-corrected chi connectivity index (χ0v) is 15.4. The predicted molar refractivity (Wildman–Crippen MR) is 86.4 cm³/mol. The Labute approximate surface area is 153 Å². The lowest BCUT2D eigenvalue weighted by atomic mass is 10.1. The predicted octanol–water partition coefficient (Wildman–Crippen LogP) is -0.132. The summed E-state index contributed by atoms with van der Waals surface area (Å²) in [7, 11) is 0. The Morgan fingerprint density at radius 2 is 1.78 bits per heavy atom. The van der Waals surface area contributed by atoms with Crippen LogP contribution in [0, 0.1) is 0 Å². The lowest BCUT2D eigenvalue weighted by Crippen LogP contribution is -3.00. The van der Waals surface area contributed by atoms with Crippen LogP contribution in [0.1, 0.15) is 15.9 Å². The van der Waals surface area contributed by atoms with Gasteiger partial charge in [-0.1, -0.05) is 58.4 Å². The molecule has 23 heavy (non-hydrogen) atoms. The molecule has 3 rings (SSSR count). The lowest BCUT2D eigenvalue weighted by Gasteiger charge is -1.98. The molecular formula is C17H15Br2N3O. The van der Waals surface area contributed by atoms with E-state index in [1.165, 1.54) is 5.56 Å². The summed E-state index contributed by atoms with van der Waals surface area (Å²) < 4.78 is 4.68. The minimum atomic E-state index is 0. The number of nitrogens with zero attached hydrogens (tertiary/aromatic N) is 3. The third-order valence-corrected chi connectivity index (χ3v) is 3.84. The van der Waals surface area contributed by atoms with Gasteiger partial charge in [-0.15, -0.1) is 4.68 Å². The molecule has 2 aromatic carbocycles. The summed E-state index contributed by atoms with van der Waals surface area (Å²) in [5.74, 6) is 0.0551. The second kappa shape index (κ2) is 8.17. The van der Waals surface area contributed by atoms with Crippen molar-refractivity contribution in [2.45, 2.75) is 13.1 Å². The molecule has 0 aliphatic rings. The standard InChI is InChI=1S/C17H15BrN3O.BrH/c18-16-8-6-14(7-9-16)10-20-12-19-21(13-20)11-17(22)15-4-2-1-3-5-15;/h1-9,12-13H,10-11H2;1H/q+1;/p-1. The summed E-state index contributed by atoms with van der Waals surface area (Å²) in [6.07, 6.45) is 3.59. The molecule has 0 bridgehead atoms. The van der Waals surface area contributed by atoms with Gasteiger partial charge in [0.2, 0.25) is 6.33 Å². The molecule has 0 N–H and O–H groups in total. The van der Waals surface area contributed by atoms with Crippen molar-refractivity contribution in [1.82, 2.24) is 9.78 Å². The summed E-state index contributed by atoms with van der Waals surface area (Å²) in [4.78, 5) is 12.1. The van der Waals surface area contributed by atoms with Crippen LogP contribution < -0.4 is 21.5 Å². The van der Waals surface area contributed by atoms with Gasteiger partial charge in [-0.05, 0) is 17.7 Å². The number of Topliss-reactive ketones (excluding diaryl/α,β-unsaturated/α-hetero) is 1. The number of carbonyl (C=O) groups is 1. The maximum Gasteiger partial charge on any atom is 0.265 e. The van der Waals surface area contributed by atoms with E-state index in [4.69, 9.17) is 0 Å². The molecular weight excluding hydrogens is 422 g/mol. The van der Waals surface area contributed by atoms with Gasteiger partial charge in [0.15, 0.2) is 12.3 Å². The van der Waals surface area contributed by atoms with Gasteiger partial charge in [-0.3, -0.25) is 4.79 Å². The van der Waals surface area contributed by atoms with Gasteiger partial charge < -0.3 is 17.0 Å². The molecule has 0 unspecified atom stereocenters. The first kappa shape index (κ1) is 17.6. The number of hydrogen-bond acceptors (Lipinski definition) is 2. The molecule has 3 aromatic rings. The van der Waals surface area contributed by atoms with Crippen LogP contribution >= 0.6 is 15.9 Å². The number of ketones is 1. The highest BCUT2D eigenvalue weighted by Crippen LogP contribution is 2.10. The number of rotatable bonds is 5. The van der Waals surface area contributed by atoms with Gasteiger partial charge in [0.05, 0.1) is 6.54 Å². The van der Waals surface area contributed by atoms with Crippen molar-refractivity contribution in [2.75, 3.05) is 0 Å². The quantitative estimate of drug-likeness (QED) is 0.412. The van der Waals surface area contributed by atoms with Crippen molar-refractivity contribution >= 4 is 21.7 Å². The molecule has 0 radical (unpaired) electrons. The van der Waals surface area contributed by atoms with Crippen LogP contribution in [0.3, 0.4) is 0 Å². The normalized spacial score (nSPS) is 10.1. The van der Waals surface area contributed by atoms with Gasteiger partial charge in [0.25, 0.3) is 6.33 Å². The smallest absolute Gasteiger partial charge is 0.265 e. The molecule has 0 fully saturated rings. The van der Waals surface area contributed by atoms with Crippen molar-refractivity contribution < 1.29 is 26.3 Å². The highest BCUT2D eigenvalue weighted by atomic mass is 79.9. The van der Waals surface area contributed by atoms with E-state index in [2.05, 4.69) is 33.2 Å². The average molecular weight is 437 g/mol. The largest absolute Gasteiger partial charge is 1.00 e. The zero-order chi connectivity index (χ0) is 15.4. The number of halogens is 2.